The van der Waals surface area contributed by atoms with Crippen LogP contribution in [0, 0.1) is 11.8 Å². The third-order valence-corrected chi connectivity index (χ3v) is 5.65. The van der Waals surface area contributed by atoms with Gasteiger partial charge in [-0.2, -0.15) is 0 Å². The van der Waals surface area contributed by atoms with Crippen LogP contribution in [0.3, 0.4) is 0 Å². The smallest absolute Gasteiger partial charge is 0.177 e. The highest BCUT2D eigenvalue weighted by atomic mass is 32.2. The van der Waals surface area contributed by atoms with Gasteiger partial charge in [0.15, 0.2) is 9.84 Å². The lowest BCUT2D eigenvalue weighted by molar-refractivity contribution is 0.471. The standard InChI is InChI=1S/C14H20N2O2S/c1-10-12-8-15-7-11(12)9-16(10)13-5-3-4-6-14(13)19(2,17)18/h3-6,10-12,15H,7-9H2,1-2H3. The molecule has 1 aromatic rings. The van der Waals surface area contributed by atoms with Crippen LogP contribution in [-0.4, -0.2) is 40.3 Å². The highest BCUT2D eigenvalue weighted by molar-refractivity contribution is 7.90. The summed E-state index contributed by atoms with van der Waals surface area (Å²) in [4.78, 5) is 2.72. The van der Waals surface area contributed by atoms with Gasteiger partial charge in [0, 0.05) is 31.9 Å². The molecular weight excluding hydrogens is 260 g/mol. The summed E-state index contributed by atoms with van der Waals surface area (Å²) in [5, 5.41) is 3.43. The van der Waals surface area contributed by atoms with E-state index in [-0.39, 0.29) is 0 Å². The Balaban J connectivity index is 2.00. The van der Waals surface area contributed by atoms with E-state index in [1.807, 2.05) is 12.1 Å². The average molecular weight is 280 g/mol. The molecule has 2 fully saturated rings. The number of hydrogen-bond acceptors (Lipinski definition) is 4. The van der Waals surface area contributed by atoms with Gasteiger partial charge in [0.25, 0.3) is 0 Å². The van der Waals surface area contributed by atoms with Crippen LogP contribution in [0.1, 0.15) is 6.92 Å². The van der Waals surface area contributed by atoms with Gasteiger partial charge in [-0.1, -0.05) is 12.1 Å². The van der Waals surface area contributed by atoms with Crippen LogP contribution in [-0.2, 0) is 9.84 Å². The van der Waals surface area contributed by atoms with Gasteiger partial charge >= 0.3 is 0 Å². The summed E-state index contributed by atoms with van der Waals surface area (Å²) in [6.07, 6.45) is 1.29. The molecule has 1 N–H and O–H groups in total. The summed E-state index contributed by atoms with van der Waals surface area (Å²) < 4.78 is 23.8. The molecule has 3 atom stereocenters. The minimum Gasteiger partial charge on any atom is -0.367 e. The molecule has 2 saturated heterocycles. The van der Waals surface area contributed by atoms with Gasteiger partial charge in [0.05, 0.1) is 10.6 Å². The fourth-order valence-corrected chi connectivity index (χ4v) is 4.38. The molecule has 2 aliphatic rings. The topological polar surface area (TPSA) is 49.4 Å². The Morgan fingerprint density at radius 3 is 2.68 bits per heavy atom. The molecule has 0 spiro atoms. The van der Waals surface area contributed by atoms with E-state index >= 15 is 0 Å². The van der Waals surface area contributed by atoms with Gasteiger partial charge in [0.2, 0.25) is 0 Å². The average Bonchev–Trinajstić information content (AvgIpc) is 2.92. The van der Waals surface area contributed by atoms with Crippen LogP contribution in [0.15, 0.2) is 29.2 Å². The molecule has 2 aliphatic heterocycles. The highest BCUT2D eigenvalue weighted by Crippen LogP contribution is 2.38. The molecular formula is C14H20N2O2S. The van der Waals surface area contributed by atoms with E-state index in [1.165, 1.54) is 6.26 Å². The van der Waals surface area contributed by atoms with E-state index in [4.69, 9.17) is 0 Å². The number of nitrogens with one attached hydrogen (secondary N) is 1. The quantitative estimate of drug-likeness (QED) is 0.882. The van der Waals surface area contributed by atoms with E-state index in [0.29, 0.717) is 22.8 Å². The van der Waals surface area contributed by atoms with Crippen molar-refractivity contribution in [2.75, 3.05) is 30.8 Å². The molecule has 1 aromatic carbocycles. The van der Waals surface area contributed by atoms with Gasteiger partial charge in [-0.25, -0.2) is 8.42 Å². The number of fused-ring (bicyclic) bond motifs is 1. The zero-order valence-electron chi connectivity index (χ0n) is 11.3. The molecule has 3 rings (SSSR count). The first-order chi connectivity index (χ1) is 8.98. The molecule has 0 radical (unpaired) electrons. The minimum atomic E-state index is -3.18. The van der Waals surface area contributed by atoms with Gasteiger partial charge in [0.1, 0.15) is 0 Å². The zero-order chi connectivity index (χ0) is 13.6. The molecule has 2 heterocycles. The molecule has 0 amide bonds. The predicted octanol–water partition coefficient (Wildman–Crippen LogP) is 1.13. The van der Waals surface area contributed by atoms with Crippen molar-refractivity contribution in [1.82, 2.24) is 5.32 Å². The van der Waals surface area contributed by atoms with Crippen LogP contribution in [0.25, 0.3) is 0 Å². The van der Waals surface area contributed by atoms with Crippen molar-refractivity contribution >= 4 is 15.5 Å². The third-order valence-electron chi connectivity index (χ3n) is 4.51. The summed E-state index contributed by atoms with van der Waals surface area (Å²) >= 11 is 0. The van der Waals surface area contributed by atoms with Crippen molar-refractivity contribution in [3.63, 3.8) is 0 Å². The molecule has 4 nitrogen and oxygen atoms in total. The van der Waals surface area contributed by atoms with E-state index in [0.717, 1.165) is 25.3 Å². The molecule has 0 saturated carbocycles. The summed E-state index contributed by atoms with van der Waals surface area (Å²) in [5.74, 6) is 1.27. The number of sulfone groups is 1. The summed E-state index contributed by atoms with van der Waals surface area (Å²) in [7, 11) is -3.18. The normalized spacial score (nSPS) is 30.6. The van der Waals surface area contributed by atoms with Crippen LogP contribution < -0.4 is 10.2 Å². The Morgan fingerprint density at radius 2 is 2.00 bits per heavy atom. The first kappa shape index (κ1) is 12.9. The number of para-hydroxylation sites is 1. The molecule has 0 aromatic heterocycles. The number of hydrogen-bond donors (Lipinski definition) is 1. The van der Waals surface area contributed by atoms with Crippen molar-refractivity contribution < 1.29 is 8.42 Å². The monoisotopic (exact) mass is 280 g/mol. The van der Waals surface area contributed by atoms with Crippen LogP contribution in [0.4, 0.5) is 5.69 Å². The van der Waals surface area contributed by atoms with Gasteiger partial charge in [-0.15, -0.1) is 0 Å². The lowest BCUT2D eigenvalue weighted by Gasteiger charge is -2.28. The Hall–Kier alpha value is -1.07. The molecule has 19 heavy (non-hydrogen) atoms. The van der Waals surface area contributed by atoms with Gasteiger partial charge in [-0.3, -0.25) is 0 Å². The molecule has 3 unspecified atom stereocenters. The van der Waals surface area contributed by atoms with Crippen molar-refractivity contribution in [2.45, 2.75) is 17.9 Å². The summed E-state index contributed by atoms with van der Waals surface area (Å²) in [6, 6.07) is 7.75. The van der Waals surface area contributed by atoms with E-state index in [1.54, 1.807) is 12.1 Å². The van der Waals surface area contributed by atoms with E-state index in [9.17, 15) is 8.42 Å². The number of rotatable bonds is 2. The number of benzene rings is 1. The van der Waals surface area contributed by atoms with Crippen molar-refractivity contribution in [1.29, 1.82) is 0 Å². The minimum absolute atomic E-state index is 0.392. The first-order valence-electron chi connectivity index (χ1n) is 6.75. The summed E-state index contributed by atoms with van der Waals surface area (Å²) in [5.41, 5.74) is 0.868. The van der Waals surface area contributed by atoms with Crippen LogP contribution >= 0.6 is 0 Å². The maximum atomic E-state index is 11.9. The molecule has 0 bridgehead atoms. The second-order valence-corrected chi connectivity index (χ2v) is 7.70. The summed E-state index contributed by atoms with van der Waals surface area (Å²) in [6.45, 7) is 5.25. The maximum absolute atomic E-state index is 11.9. The Bertz CT molecular complexity index is 585. The van der Waals surface area contributed by atoms with E-state index in [2.05, 4.69) is 17.1 Å². The van der Waals surface area contributed by atoms with Crippen molar-refractivity contribution in [3.05, 3.63) is 24.3 Å². The largest absolute Gasteiger partial charge is 0.367 e. The fraction of sp³-hybridized carbons (Fsp3) is 0.571. The van der Waals surface area contributed by atoms with Crippen LogP contribution in [0.2, 0.25) is 0 Å². The highest BCUT2D eigenvalue weighted by Gasteiger charge is 2.42. The lowest BCUT2D eigenvalue weighted by atomic mass is 9.95. The zero-order valence-corrected chi connectivity index (χ0v) is 12.2. The molecule has 0 aliphatic carbocycles. The Morgan fingerprint density at radius 1 is 1.26 bits per heavy atom. The Kier molecular flexibility index (Phi) is 3.06. The van der Waals surface area contributed by atoms with Crippen molar-refractivity contribution in [2.24, 2.45) is 11.8 Å². The van der Waals surface area contributed by atoms with Crippen LogP contribution in [0.5, 0.6) is 0 Å². The fourth-order valence-electron chi connectivity index (χ4n) is 3.49. The van der Waals surface area contributed by atoms with Gasteiger partial charge < -0.3 is 10.2 Å². The second kappa shape index (κ2) is 4.49. The third kappa shape index (κ3) is 2.15. The predicted molar refractivity (Wildman–Crippen MR) is 76.2 cm³/mol. The first-order valence-corrected chi connectivity index (χ1v) is 8.64. The van der Waals surface area contributed by atoms with Crippen molar-refractivity contribution in [3.8, 4) is 0 Å². The number of anilines is 1. The molecule has 104 valence electrons. The SMILES string of the molecule is CC1C2CNCC2CN1c1ccccc1S(C)(=O)=O. The molecule has 5 heteroatoms. The van der Waals surface area contributed by atoms with E-state index < -0.39 is 9.84 Å². The lowest BCUT2D eigenvalue weighted by Crippen LogP contribution is -2.34. The van der Waals surface area contributed by atoms with Gasteiger partial charge in [-0.05, 0) is 30.9 Å². The number of nitrogens with zero attached hydrogens (tertiary/aromatic N) is 1. The Labute approximate surface area is 114 Å². The maximum Gasteiger partial charge on any atom is 0.177 e. The second-order valence-electron chi connectivity index (χ2n) is 5.72.